The van der Waals surface area contributed by atoms with Crippen LogP contribution in [-0.2, 0) is 0 Å². The quantitative estimate of drug-likeness (QED) is 0.612. The minimum Gasteiger partial charge on any atom is -0.456 e. The first-order chi connectivity index (χ1) is 10.9. The van der Waals surface area contributed by atoms with Crippen LogP contribution in [0.25, 0.3) is 28.7 Å². The normalized spacial score (nSPS) is 15.1. The lowest BCUT2D eigenvalue weighted by Crippen LogP contribution is -2.32. The van der Waals surface area contributed by atoms with Crippen molar-refractivity contribution in [3.8, 4) is 5.75 Å². The molecule has 1 heteroatoms. The van der Waals surface area contributed by atoms with Crippen LogP contribution in [0.2, 0.25) is 0 Å². The lowest BCUT2D eigenvalue weighted by atomic mass is 9.95. The molecule has 0 N–H and O–H groups in total. The van der Waals surface area contributed by atoms with Gasteiger partial charge in [-0.05, 0) is 46.2 Å². The second-order valence-electron chi connectivity index (χ2n) is 5.83. The Morgan fingerprint density at radius 1 is 0.818 bits per heavy atom. The van der Waals surface area contributed by atoms with E-state index in [-0.39, 0.29) is 0 Å². The first-order valence-corrected chi connectivity index (χ1v) is 7.60. The van der Waals surface area contributed by atoms with Crippen molar-refractivity contribution < 1.29 is 4.74 Å². The van der Waals surface area contributed by atoms with E-state index in [1.165, 1.54) is 32.3 Å². The number of rotatable bonds is 0. The highest BCUT2D eigenvalue weighted by atomic mass is 16.5. The molecule has 3 aromatic carbocycles. The van der Waals surface area contributed by atoms with Crippen molar-refractivity contribution in [1.82, 2.24) is 0 Å². The standard InChI is InChI=1S/C21H14O/c1-2-7-16-13-20-18(11-15(16)6-1)12-17-10-9-14-5-3-4-8-19(14)21(17)22-20/h1-9,11-13H,10H2. The third-order valence-corrected chi connectivity index (χ3v) is 4.46. The van der Waals surface area contributed by atoms with Gasteiger partial charge >= 0.3 is 0 Å². The third kappa shape index (κ3) is 1.66. The summed E-state index contributed by atoms with van der Waals surface area (Å²) in [6.45, 7) is 0. The summed E-state index contributed by atoms with van der Waals surface area (Å²) in [5.41, 5.74) is 2.44. The van der Waals surface area contributed by atoms with Gasteiger partial charge in [0.05, 0.1) is 0 Å². The molecule has 0 aromatic heterocycles. The monoisotopic (exact) mass is 282 g/mol. The van der Waals surface area contributed by atoms with Gasteiger partial charge in [0.1, 0.15) is 11.5 Å². The molecule has 1 aliphatic carbocycles. The Bertz CT molecular complexity index is 1070. The molecular formula is C21H14O. The molecule has 0 spiro atoms. The number of hydrogen-bond acceptors (Lipinski definition) is 1. The zero-order chi connectivity index (χ0) is 14.5. The molecule has 0 fully saturated rings. The minimum absolute atomic E-state index is 0.929. The molecule has 3 aromatic rings. The summed E-state index contributed by atoms with van der Waals surface area (Å²) in [5.74, 6) is 1.97. The van der Waals surface area contributed by atoms with Crippen LogP contribution in [0.4, 0.5) is 0 Å². The van der Waals surface area contributed by atoms with Crippen LogP contribution < -0.4 is 15.2 Å². The maximum absolute atomic E-state index is 6.30. The Morgan fingerprint density at radius 3 is 2.50 bits per heavy atom. The molecule has 0 amide bonds. The summed E-state index contributed by atoms with van der Waals surface area (Å²) >= 11 is 0. The molecule has 1 nitrogen and oxygen atoms in total. The first-order valence-electron chi connectivity index (χ1n) is 7.60. The van der Waals surface area contributed by atoms with Gasteiger partial charge in [-0.2, -0.15) is 0 Å². The molecule has 0 bridgehead atoms. The van der Waals surface area contributed by atoms with E-state index in [0.717, 1.165) is 17.9 Å². The van der Waals surface area contributed by atoms with Gasteiger partial charge in [-0.25, -0.2) is 0 Å². The van der Waals surface area contributed by atoms with Crippen molar-refractivity contribution in [1.29, 1.82) is 0 Å². The lowest BCUT2D eigenvalue weighted by Gasteiger charge is -2.23. The van der Waals surface area contributed by atoms with Crippen LogP contribution in [0.1, 0.15) is 12.0 Å². The topological polar surface area (TPSA) is 9.23 Å². The van der Waals surface area contributed by atoms with E-state index in [1.54, 1.807) is 0 Å². The van der Waals surface area contributed by atoms with E-state index < -0.39 is 0 Å². The second kappa shape index (κ2) is 4.35. The molecule has 5 rings (SSSR count). The summed E-state index contributed by atoms with van der Waals surface area (Å²) in [6.07, 6.45) is 5.48. The minimum atomic E-state index is 0.929. The van der Waals surface area contributed by atoms with Crippen LogP contribution in [0.3, 0.4) is 0 Å². The maximum Gasteiger partial charge on any atom is 0.138 e. The Labute approximate surface area is 128 Å². The molecule has 1 aliphatic heterocycles. The van der Waals surface area contributed by atoms with Gasteiger partial charge in [0, 0.05) is 10.8 Å². The van der Waals surface area contributed by atoms with Crippen molar-refractivity contribution in [3.63, 3.8) is 0 Å². The summed E-state index contributed by atoms with van der Waals surface area (Å²) in [4.78, 5) is 0. The SMILES string of the molecule is C1=C2CC=c3ccccc3=C2Oc2cc3ccccc3cc21. The second-order valence-corrected chi connectivity index (χ2v) is 5.83. The van der Waals surface area contributed by atoms with E-state index in [9.17, 15) is 0 Å². The molecule has 104 valence electrons. The van der Waals surface area contributed by atoms with E-state index in [1.807, 2.05) is 0 Å². The molecule has 0 radical (unpaired) electrons. The Kier molecular flexibility index (Phi) is 2.33. The number of benzene rings is 3. The predicted molar refractivity (Wildman–Crippen MR) is 90.7 cm³/mol. The molecule has 0 saturated heterocycles. The number of fused-ring (bicyclic) bond motifs is 4. The fourth-order valence-corrected chi connectivity index (χ4v) is 3.35. The van der Waals surface area contributed by atoms with Crippen LogP contribution in [-0.4, -0.2) is 0 Å². The average Bonchev–Trinajstić information content (AvgIpc) is 2.58. The van der Waals surface area contributed by atoms with Crippen molar-refractivity contribution in [2.24, 2.45) is 0 Å². The van der Waals surface area contributed by atoms with E-state index >= 15 is 0 Å². The number of hydrogen-bond donors (Lipinski definition) is 0. The van der Waals surface area contributed by atoms with Crippen molar-refractivity contribution >= 4 is 28.7 Å². The molecular weight excluding hydrogens is 268 g/mol. The summed E-state index contributed by atoms with van der Waals surface area (Å²) in [5, 5.41) is 4.93. The third-order valence-electron chi connectivity index (χ3n) is 4.46. The Hall–Kier alpha value is -2.80. The van der Waals surface area contributed by atoms with Crippen molar-refractivity contribution in [3.05, 3.63) is 82.2 Å². The average molecular weight is 282 g/mol. The van der Waals surface area contributed by atoms with E-state index in [4.69, 9.17) is 4.74 Å². The highest BCUT2D eigenvalue weighted by molar-refractivity contribution is 5.90. The molecule has 2 aliphatic rings. The summed E-state index contributed by atoms with van der Waals surface area (Å²) in [6, 6.07) is 21.2. The fraction of sp³-hybridized carbons (Fsp3) is 0.0476. The maximum atomic E-state index is 6.30. The Morgan fingerprint density at radius 2 is 1.59 bits per heavy atom. The Balaban J connectivity index is 1.81. The van der Waals surface area contributed by atoms with Gasteiger partial charge in [0.25, 0.3) is 0 Å². The highest BCUT2D eigenvalue weighted by Crippen LogP contribution is 2.36. The van der Waals surface area contributed by atoms with Crippen LogP contribution in [0, 0.1) is 0 Å². The predicted octanol–water partition coefficient (Wildman–Crippen LogP) is 3.61. The van der Waals surface area contributed by atoms with Gasteiger partial charge in [0.2, 0.25) is 0 Å². The van der Waals surface area contributed by atoms with Gasteiger partial charge in [0.15, 0.2) is 0 Å². The first kappa shape index (κ1) is 11.8. The van der Waals surface area contributed by atoms with Gasteiger partial charge in [-0.3, -0.25) is 0 Å². The van der Waals surface area contributed by atoms with E-state index in [0.29, 0.717) is 0 Å². The zero-order valence-corrected chi connectivity index (χ0v) is 12.0. The highest BCUT2D eigenvalue weighted by Gasteiger charge is 2.19. The van der Waals surface area contributed by atoms with Gasteiger partial charge < -0.3 is 4.74 Å². The molecule has 0 saturated carbocycles. The smallest absolute Gasteiger partial charge is 0.138 e. The largest absolute Gasteiger partial charge is 0.456 e. The molecule has 1 heterocycles. The zero-order valence-electron chi connectivity index (χ0n) is 12.0. The molecule has 0 atom stereocenters. The van der Waals surface area contributed by atoms with Crippen molar-refractivity contribution in [2.45, 2.75) is 6.42 Å². The van der Waals surface area contributed by atoms with Crippen LogP contribution in [0.15, 0.2) is 66.2 Å². The lowest BCUT2D eigenvalue weighted by molar-refractivity contribution is 0.502. The molecule has 0 unspecified atom stereocenters. The van der Waals surface area contributed by atoms with Crippen LogP contribution in [0.5, 0.6) is 5.75 Å². The summed E-state index contributed by atoms with van der Waals surface area (Å²) < 4.78 is 6.30. The van der Waals surface area contributed by atoms with Crippen LogP contribution >= 0.6 is 0 Å². The fourth-order valence-electron chi connectivity index (χ4n) is 3.35. The summed E-state index contributed by atoms with van der Waals surface area (Å²) in [7, 11) is 0. The van der Waals surface area contributed by atoms with Crippen molar-refractivity contribution in [2.75, 3.05) is 0 Å². The van der Waals surface area contributed by atoms with Gasteiger partial charge in [-0.1, -0.05) is 54.6 Å². The number of ether oxygens (including phenoxy) is 1. The molecule has 22 heavy (non-hydrogen) atoms. The van der Waals surface area contributed by atoms with Gasteiger partial charge in [-0.15, -0.1) is 0 Å². The van der Waals surface area contributed by atoms with E-state index in [2.05, 4.69) is 72.8 Å².